The number of para-hydroxylation sites is 1. The van der Waals surface area contributed by atoms with Crippen LogP contribution in [0.2, 0.25) is 0 Å². The van der Waals surface area contributed by atoms with Gasteiger partial charge in [0.2, 0.25) is 0 Å². The van der Waals surface area contributed by atoms with Gasteiger partial charge in [-0.15, -0.1) is 0 Å². The Kier molecular flexibility index (Phi) is 4.45. The lowest BCUT2D eigenvalue weighted by Gasteiger charge is -2.16. The van der Waals surface area contributed by atoms with Crippen LogP contribution >= 0.6 is 34.8 Å². The number of amides is 1. The molecule has 0 aliphatic heterocycles. The molecule has 1 aromatic rings. The van der Waals surface area contributed by atoms with Crippen LogP contribution in [-0.2, 0) is 4.79 Å². The average molecular weight is 265 g/mol. The van der Waals surface area contributed by atoms with Gasteiger partial charge in [-0.2, -0.15) is 0 Å². The minimum Gasteiger partial charge on any atom is -0.311 e. The number of benzene rings is 1. The molecule has 0 bridgehead atoms. The normalized spacial score (nSPS) is 9.60. The van der Waals surface area contributed by atoms with Crippen LogP contribution in [0.5, 0.6) is 0 Å². The molecule has 0 aliphatic carbocycles. The summed E-state index contributed by atoms with van der Waals surface area (Å²) in [6.45, 7) is 0. The van der Waals surface area contributed by atoms with Crippen molar-refractivity contribution in [2.45, 2.75) is 0 Å². The number of carbonyl (C=O) groups excluding carboxylic acids is 1. The lowest BCUT2D eigenvalue weighted by atomic mass is 10.3. The van der Waals surface area contributed by atoms with Crippen LogP contribution < -0.4 is 4.90 Å². The van der Waals surface area contributed by atoms with Crippen molar-refractivity contribution in [2.24, 2.45) is 0 Å². The molecule has 0 N–H and O–H groups in total. The highest BCUT2D eigenvalue weighted by Crippen LogP contribution is 2.22. The average Bonchev–Trinajstić information content (AvgIpc) is 2.27. The van der Waals surface area contributed by atoms with Gasteiger partial charge in [-0.25, -0.2) is 0 Å². The van der Waals surface area contributed by atoms with Crippen molar-refractivity contribution in [2.75, 3.05) is 11.9 Å². The fraction of sp³-hybridized carbons (Fsp3) is 0.100. The van der Waals surface area contributed by atoms with Crippen molar-refractivity contribution in [1.29, 1.82) is 0 Å². The van der Waals surface area contributed by atoms with E-state index in [2.05, 4.69) is 0 Å². The van der Waals surface area contributed by atoms with Crippen LogP contribution in [0.15, 0.2) is 39.9 Å². The summed E-state index contributed by atoms with van der Waals surface area (Å²) >= 11 is 16.5. The first-order chi connectivity index (χ1) is 7.04. The van der Waals surface area contributed by atoms with Crippen molar-refractivity contribution in [3.05, 3.63) is 39.9 Å². The zero-order chi connectivity index (χ0) is 11.4. The maximum atomic E-state index is 11.7. The summed E-state index contributed by atoms with van der Waals surface area (Å²) in [7, 11) is 1.59. The van der Waals surface area contributed by atoms with E-state index in [4.69, 9.17) is 34.8 Å². The highest BCUT2D eigenvalue weighted by Gasteiger charge is 2.16. The summed E-state index contributed by atoms with van der Waals surface area (Å²) in [5.41, 5.74) is 0.718. The smallest absolute Gasteiger partial charge is 0.271 e. The monoisotopic (exact) mass is 263 g/mol. The molecule has 1 rings (SSSR count). The van der Waals surface area contributed by atoms with Gasteiger partial charge < -0.3 is 4.90 Å². The van der Waals surface area contributed by atoms with Crippen LogP contribution in [0.3, 0.4) is 0 Å². The molecule has 1 aromatic carbocycles. The van der Waals surface area contributed by atoms with Crippen LogP contribution in [0.25, 0.3) is 0 Å². The summed E-state index contributed by atoms with van der Waals surface area (Å²) in [6.07, 6.45) is 0. The van der Waals surface area contributed by atoms with Gasteiger partial charge in [-0.05, 0) is 12.1 Å². The minimum atomic E-state index is -0.442. The third-order valence-corrected chi connectivity index (χ3v) is 2.72. The molecule has 1 amide bonds. The molecule has 0 aromatic heterocycles. The topological polar surface area (TPSA) is 20.3 Å². The summed E-state index contributed by atoms with van der Waals surface area (Å²) in [6, 6.07) is 9.06. The molecule has 80 valence electrons. The Hall–Kier alpha value is -0.700. The molecule has 0 fully saturated rings. The summed E-state index contributed by atoms with van der Waals surface area (Å²) < 4.78 is -0.232. The highest BCUT2D eigenvalue weighted by molar-refractivity contribution is 6.63. The molecule has 15 heavy (non-hydrogen) atoms. The fourth-order valence-electron chi connectivity index (χ4n) is 0.997. The van der Waals surface area contributed by atoms with Crippen LogP contribution in [-0.4, -0.2) is 13.0 Å². The van der Waals surface area contributed by atoms with Gasteiger partial charge in [0.1, 0.15) is 9.52 Å². The third kappa shape index (κ3) is 3.13. The number of hydrogen-bond acceptors (Lipinski definition) is 1. The second kappa shape index (κ2) is 5.40. The predicted molar refractivity (Wildman–Crippen MR) is 64.4 cm³/mol. The van der Waals surface area contributed by atoms with Gasteiger partial charge in [0.15, 0.2) is 0 Å². The summed E-state index contributed by atoms with van der Waals surface area (Å²) in [5, 5.41) is -0.190. The minimum absolute atomic E-state index is 0.190. The summed E-state index contributed by atoms with van der Waals surface area (Å²) in [5.74, 6) is -0.442. The first-order valence-corrected chi connectivity index (χ1v) is 5.21. The van der Waals surface area contributed by atoms with E-state index in [9.17, 15) is 4.79 Å². The van der Waals surface area contributed by atoms with E-state index in [1.54, 1.807) is 19.2 Å². The number of carbonyl (C=O) groups is 1. The molecule has 0 heterocycles. The number of likely N-dealkylation sites (N-methyl/N-ethyl adjacent to an activating group) is 1. The summed E-state index contributed by atoms with van der Waals surface area (Å²) in [4.78, 5) is 13.0. The molecule has 2 nitrogen and oxygen atoms in total. The second-order valence-corrected chi connectivity index (χ2v) is 4.10. The maximum Gasteiger partial charge on any atom is 0.271 e. The maximum absolute atomic E-state index is 11.7. The van der Waals surface area contributed by atoms with Crippen molar-refractivity contribution in [3.63, 3.8) is 0 Å². The Morgan fingerprint density at radius 1 is 1.13 bits per heavy atom. The molecule has 0 saturated carbocycles. The molecular formula is C10H8Cl3NO. The fourth-order valence-corrected chi connectivity index (χ4v) is 1.29. The number of rotatable bonds is 2. The van der Waals surface area contributed by atoms with E-state index in [0.717, 1.165) is 5.69 Å². The van der Waals surface area contributed by atoms with Crippen molar-refractivity contribution in [1.82, 2.24) is 0 Å². The molecule has 5 heteroatoms. The first kappa shape index (κ1) is 12.4. The van der Waals surface area contributed by atoms with E-state index in [1.165, 1.54) is 4.90 Å². The van der Waals surface area contributed by atoms with Crippen molar-refractivity contribution < 1.29 is 4.79 Å². The Labute approximate surface area is 103 Å². The van der Waals surface area contributed by atoms with Gasteiger partial charge >= 0.3 is 0 Å². The SMILES string of the molecule is CN(C(=O)C(Cl)=C(Cl)Cl)c1ccccc1. The molecular weight excluding hydrogens is 256 g/mol. The molecule has 0 atom stereocenters. The van der Waals surface area contributed by atoms with Crippen molar-refractivity contribution in [3.8, 4) is 0 Å². The standard InChI is InChI=1S/C10H8Cl3NO/c1-14(7-5-3-2-4-6-7)10(15)8(11)9(12)13/h2-6H,1H3. The quantitative estimate of drug-likeness (QED) is 0.748. The van der Waals surface area contributed by atoms with Crippen molar-refractivity contribution >= 4 is 46.4 Å². The predicted octanol–water partition coefficient (Wildman–Crippen LogP) is 3.53. The zero-order valence-electron chi connectivity index (χ0n) is 7.88. The Morgan fingerprint density at radius 3 is 2.13 bits per heavy atom. The second-order valence-electron chi connectivity index (χ2n) is 2.77. The number of hydrogen-bond donors (Lipinski definition) is 0. The highest BCUT2D eigenvalue weighted by atomic mass is 35.5. The Balaban J connectivity index is 2.92. The van der Waals surface area contributed by atoms with Gasteiger partial charge in [-0.1, -0.05) is 53.0 Å². The van der Waals surface area contributed by atoms with Crippen LogP contribution in [0.1, 0.15) is 0 Å². The number of halogens is 3. The van der Waals surface area contributed by atoms with E-state index in [-0.39, 0.29) is 9.52 Å². The van der Waals surface area contributed by atoms with Gasteiger partial charge in [0.05, 0.1) is 0 Å². The first-order valence-electron chi connectivity index (χ1n) is 4.08. The number of anilines is 1. The van der Waals surface area contributed by atoms with Crippen LogP contribution in [0.4, 0.5) is 5.69 Å². The number of nitrogens with zero attached hydrogens (tertiary/aromatic N) is 1. The Morgan fingerprint density at radius 2 is 1.67 bits per heavy atom. The lowest BCUT2D eigenvalue weighted by Crippen LogP contribution is -2.26. The largest absolute Gasteiger partial charge is 0.311 e. The molecule has 0 radical (unpaired) electrons. The lowest BCUT2D eigenvalue weighted by molar-refractivity contribution is -0.114. The molecule has 0 spiro atoms. The molecule has 0 unspecified atom stereocenters. The van der Waals surface area contributed by atoms with Gasteiger partial charge in [-0.3, -0.25) is 4.79 Å². The zero-order valence-corrected chi connectivity index (χ0v) is 10.1. The van der Waals surface area contributed by atoms with E-state index < -0.39 is 5.91 Å². The van der Waals surface area contributed by atoms with E-state index >= 15 is 0 Å². The van der Waals surface area contributed by atoms with Gasteiger partial charge in [0, 0.05) is 12.7 Å². The third-order valence-electron chi connectivity index (χ3n) is 1.80. The molecule has 0 saturated heterocycles. The van der Waals surface area contributed by atoms with E-state index in [0.29, 0.717) is 0 Å². The van der Waals surface area contributed by atoms with Gasteiger partial charge in [0.25, 0.3) is 5.91 Å². The molecule has 0 aliphatic rings. The van der Waals surface area contributed by atoms with E-state index in [1.807, 2.05) is 18.2 Å². The van der Waals surface area contributed by atoms with Crippen LogP contribution in [0, 0.1) is 0 Å². The Bertz CT molecular complexity index is 385.